The van der Waals surface area contributed by atoms with Gasteiger partial charge in [-0.25, -0.2) is 0 Å². The van der Waals surface area contributed by atoms with E-state index in [1.807, 2.05) is 0 Å². The largest absolute Gasteiger partial charge is 0.389 e. The van der Waals surface area contributed by atoms with Crippen LogP contribution in [0, 0.1) is 0 Å². The van der Waals surface area contributed by atoms with E-state index in [0.29, 0.717) is 6.61 Å². The summed E-state index contributed by atoms with van der Waals surface area (Å²) >= 11 is 0. The van der Waals surface area contributed by atoms with Gasteiger partial charge >= 0.3 is 0 Å². The second-order valence-corrected chi connectivity index (χ2v) is 5.09. The lowest BCUT2D eigenvalue weighted by Gasteiger charge is -2.33. The molecule has 0 spiro atoms. The maximum atomic E-state index is 9.83. The highest BCUT2D eigenvalue weighted by molar-refractivity contribution is 5.16. The number of aliphatic hydroxyl groups excluding tert-OH is 3. The normalized spacial score (nSPS) is 44.5. The predicted molar refractivity (Wildman–Crippen MR) is 62.6 cm³/mol. The van der Waals surface area contributed by atoms with Crippen LogP contribution >= 0.6 is 0 Å². The monoisotopic (exact) mass is 245 g/mol. The zero-order valence-electron chi connectivity index (χ0n) is 10.2. The van der Waals surface area contributed by atoms with E-state index in [1.165, 1.54) is 12.8 Å². The van der Waals surface area contributed by atoms with Gasteiger partial charge in [0, 0.05) is 6.61 Å². The molecule has 5 nitrogen and oxygen atoms in total. The Hall–Kier alpha value is -0.200. The molecule has 17 heavy (non-hydrogen) atoms. The fraction of sp³-hybridized carbons (Fsp3) is 1.00. The lowest BCUT2D eigenvalue weighted by Crippen LogP contribution is -2.54. The highest BCUT2D eigenvalue weighted by Crippen LogP contribution is 2.32. The summed E-state index contributed by atoms with van der Waals surface area (Å²) < 4.78 is 5.63. The van der Waals surface area contributed by atoms with Crippen LogP contribution in [0.3, 0.4) is 0 Å². The van der Waals surface area contributed by atoms with E-state index in [4.69, 9.17) is 4.74 Å². The molecule has 1 aliphatic carbocycles. The molecule has 1 aliphatic heterocycles. The van der Waals surface area contributed by atoms with E-state index in [1.54, 1.807) is 0 Å². The number of ether oxygens (including phenoxy) is 1. The standard InChI is InChI=1S/C12H23NO4/c1-2-3-4-5-6-17-12-8-7(13-8)9(14)10(15)11(12)16/h7-16H,2-6H2,1H3/t7-,8+,9+,10-,11+,12+/m0/s1. The molecule has 1 heterocycles. The topological polar surface area (TPSA) is 91.9 Å². The van der Waals surface area contributed by atoms with Gasteiger partial charge in [-0.3, -0.25) is 0 Å². The SMILES string of the molecule is CCCCCCO[C@H]1[C@H](O)[C@@H](O)[C@H](O)[C@H]2N[C@H]21. The first-order chi connectivity index (χ1) is 8.16. The third kappa shape index (κ3) is 2.80. The van der Waals surface area contributed by atoms with Gasteiger partial charge in [-0.15, -0.1) is 0 Å². The lowest BCUT2D eigenvalue weighted by atomic mass is 9.89. The van der Waals surface area contributed by atoms with E-state index in [0.717, 1.165) is 12.8 Å². The first kappa shape index (κ1) is 13.2. The number of nitrogens with one attached hydrogen (secondary N) is 1. The Morgan fingerprint density at radius 1 is 0.941 bits per heavy atom. The van der Waals surface area contributed by atoms with E-state index in [-0.39, 0.29) is 18.2 Å². The van der Waals surface area contributed by atoms with Gasteiger partial charge in [0.15, 0.2) is 0 Å². The summed E-state index contributed by atoms with van der Waals surface area (Å²) in [4.78, 5) is 0. The molecule has 0 aromatic rings. The lowest BCUT2D eigenvalue weighted by molar-refractivity contribution is -0.140. The molecule has 5 heteroatoms. The number of unbranched alkanes of at least 4 members (excludes halogenated alkanes) is 3. The molecular weight excluding hydrogens is 222 g/mol. The first-order valence-electron chi connectivity index (χ1n) is 6.58. The number of aliphatic hydroxyl groups is 3. The van der Waals surface area contributed by atoms with Crippen molar-refractivity contribution >= 4 is 0 Å². The van der Waals surface area contributed by atoms with Crippen LogP contribution in [0.15, 0.2) is 0 Å². The molecular formula is C12H23NO4. The van der Waals surface area contributed by atoms with Gasteiger partial charge in [0.05, 0.1) is 18.2 Å². The summed E-state index contributed by atoms with van der Waals surface area (Å²) in [7, 11) is 0. The minimum atomic E-state index is -1.10. The molecule has 1 saturated carbocycles. The molecule has 6 atom stereocenters. The maximum Gasteiger partial charge on any atom is 0.110 e. The van der Waals surface area contributed by atoms with Crippen LogP contribution in [-0.4, -0.2) is 58.4 Å². The number of fused-ring (bicyclic) bond motifs is 1. The van der Waals surface area contributed by atoms with Crippen molar-refractivity contribution in [3.05, 3.63) is 0 Å². The Bertz CT molecular complexity index is 251. The minimum Gasteiger partial charge on any atom is -0.389 e. The summed E-state index contributed by atoms with van der Waals surface area (Å²) in [5, 5.41) is 32.1. The zero-order chi connectivity index (χ0) is 12.4. The van der Waals surface area contributed by atoms with Crippen molar-refractivity contribution < 1.29 is 20.1 Å². The zero-order valence-corrected chi connectivity index (χ0v) is 10.2. The fourth-order valence-electron chi connectivity index (χ4n) is 2.55. The van der Waals surface area contributed by atoms with Crippen LogP contribution in [0.2, 0.25) is 0 Å². The molecule has 2 aliphatic rings. The summed E-state index contributed by atoms with van der Waals surface area (Å²) in [5.74, 6) is 0. The Balaban J connectivity index is 1.73. The third-order valence-corrected chi connectivity index (χ3v) is 3.73. The Labute approximate surface area is 102 Å². The molecule has 0 aromatic heterocycles. The van der Waals surface area contributed by atoms with Gasteiger partial charge in [0.1, 0.15) is 18.3 Å². The van der Waals surface area contributed by atoms with Gasteiger partial charge in [0.25, 0.3) is 0 Å². The number of rotatable bonds is 6. The van der Waals surface area contributed by atoms with Crippen LogP contribution in [0.25, 0.3) is 0 Å². The van der Waals surface area contributed by atoms with Crippen molar-refractivity contribution in [3.63, 3.8) is 0 Å². The third-order valence-electron chi connectivity index (χ3n) is 3.73. The van der Waals surface area contributed by atoms with Gasteiger partial charge in [-0.2, -0.15) is 0 Å². The average molecular weight is 245 g/mol. The van der Waals surface area contributed by atoms with E-state index >= 15 is 0 Å². The Morgan fingerprint density at radius 2 is 1.71 bits per heavy atom. The van der Waals surface area contributed by atoms with E-state index < -0.39 is 18.3 Å². The molecule has 0 unspecified atom stereocenters. The summed E-state index contributed by atoms with van der Waals surface area (Å²) in [6.07, 6.45) is 1.12. The second-order valence-electron chi connectivity index (χ2n) is 5.09. The highest BCUT2D eigenvalue weighted by atomic mass is 16.5. The van der Waals surface area contributed by atoms with Gasteiger partial charge < -0.3 is 25.4 Å². The van der Waals surface area contributed by atoms with Crippen molar-refractivity contribution in [2.24, 2.45) is 0 Å². The molecule has 0 amide bonds. The van der Waals surface area contributed by atoms with Gasteiger partial charge in [-0.05, 0) is 6.42 Å². The smallest absolute Gasteiger partial charge is 0.110 e. The summed E-state index contributed by atoms with van der Waals surface area (Å²) in [5.41, 5.74) is 0. The van der Waals surface area contributed by atoms with Gasteiger partial charge in [0.2, 0.25) is 0 Å². The number of hydrogen-bond donors (Lipinski definition) is 4. The van der Waals surface area contributed by atoms with Crippen molar-refractivity contribution in [1.82, 2.24) is 5.32 Å². The first-order valence-corrected chi connectivity index (χ1v) is 6.58. The average Bonchev–Trinajstić information content (AvgIpc) is 3.10. The van der Waals surface area contributed by atoms with E-state index in [2.05, 4.69) is 12.2 Å². The van der Waals surface area contributed by atoms with Crippen molar-refractivity contribution in [2.75, 3.05) is 6.61 Å². The highest BCUT2D eigenvalue weighted by Gasteiger charge is 2.58. The Kier molecular flexibility index (Phi) is 4.38. The van der Waals surface area contributed by atoms with Crippen LogP contribution in [0.5, 0.6) is 0 Å². The summed E-state index contributed by atoms with van der Waals surface area (Å²) in [6.45, 7) is 2.76. The fourth-order valence-corrected chi connectivity index (χ4v) is 2.55. The predicted octanol–water partition coefficient (Wildman–Crippen LogP) is -0.611. The van der Waals surface area contributed by atoms with Crippen LogP contribution in [0.1, 0.15) is 32.6 Å². The van der Waals surface area contributed by atoms with Crippen LogP contribution in [-0.2, 0) is 4.74 Å². The molecule has 1 saturated heterocycles. The molecule has 2 fully saturated rings. The quantitative estimate of drug-likeness (QED) is 0.370. The Morgan fingerprint density at radius 3 is 2.41 bits per heavy atom. The van der Waals surface area contributed by atoms with Gasteiger partial charge in [-0.1, -0.05) is 26.2 Å². The van der Waals surface area contributed by atoms with Crippen LogP contribution < -0.4 is 5.32 Å². The van der Waals surface area contributed by atoms with E-state index in [9.17, 15) is 15.3 Å². The molecule has 4 N–H and O–H groups in total. The molecule has 100 valence electrons. The van der Waals surface area contributed by atoms with Crippen molar-refractivity contribution in [2.45, 2.75) is 69.1 Å². The van der Waals surface area contributed by atoms with Crippen molar-refractivity contribution in [1.29, 1.82) is 0 Å². The van der Waals surface area contributed by atoms with Crippen LogP contribution in [0.4, 0.5) is 0 Å². The minimum absolute atomic E-state index is 0.00502. The number of hydrogen-bond acceptors (Lipinski definition) is 5. The molecule has 0 bridgehead atoms. The molecule has 0 radical (unpaired) electrons. The molecule has 2 rings (SSSR count). The van der Waals surface area contributed by atoms with Crippen molar-refractivity contribution in [3.8, 4) is 0 Å². The maximum absolute atomic E-state index is 9.83. The second kappa shape index (κ2) is 5.63. The molecule has 0 aromatic carbocycles. The summed E-state index contributed by atoms with van der Waals surface area (Å²) in [6, 6.07) is -0.122.